The summed E-state index contributed by atoms with van der Waals surface area (Å²) in [7, 11) is 0. The van der Waals surface area contributed by atoms with Gasteiger partial charge in [0.15, 0.2) is 0 Å². The lowest BCUT2D eigenvalue weighted by Gasteiger charge is -2.40. The van der Waals surface area contributed by atoms with Gasteiger partial charge in [-0.1, -0.05) is 61.0 Å². The summed E-state index contributed by atoms with van der Waals surface area (Å²) in [4.78, 5) is 0. The number of benzene rings is 2. The standard InChI is InChI=1S/C24H28O5/c1-13-7-8-17(24-23(28)22(27)21(26)20(12-25)29-24)11-19(13)14(2)18-9-15-5-3-4-6-16(15)10-18/h3-9,11,14,20-28H,10,12H2,1-2H3/t14?,20-,21-,22+,23-,24+/m1/s1. The number of fused-ring (bicyclic) bond motifs is 1. The van der Waals surface area contributed by atoms with Crippen molar-refractivity contribution in [2.24, 2.45) is 0 Å². The number of hydrogen-bond donors (Lipinski definition) is 4. The molecule has 0 saturated carbocycles. The third-order valence-corrected chi connectivity index (χ3v) is 6.34. The molecule has 1 unspecified atom stereocenters. The maximum atomic E-state index is 10.5. The van der Waals surface area contributed by atoms with Crippen molar-refractivity contribution in [3.8, 4) is 0 Å². The first-order valence-corrected chi connectivity index (χ1v) is 10.1. The molecule has 2 aromatic carbocycles. The SMILES string of the molecule is Cc1ccc([C@@H]2O[C@H](CO)[C@@H](O)[C@H](O)[C@H]2O)cc1C(C)C1=Cc2ccccc2C1. The molecule has 6 atom stereocenters. The number of aliphatic hydroxyl groups is 4. The molecule has 1 aliphatic carbocycles. The second-order valence-electron chi connectivity index (χ2n) is 8.18. The zero-order chi connectivity index (χ0) is 20.7. The van der Waals surface area contributed by atoms with Crippen LogP contribution in [0.15, 0.2) is 48.0 Å². The van der Waals surface area contributed by atoms with Gasteiger partial charge in [-0.2, -0.15) is 0 Å². The molecule has 2 aromatic rings. The molecule has 29 heavy (non-hydrogen) atoms. The first kappa shape index (κ1) is 20.3. The van der Waals surface area contributed by atoms with Gasteiger partial charge in [0.25, 0.3) is 0 Å². The summed E-state index contributed by atoms with van der Waals surface area (Å²) in [6.45, 7) is 3.81. The molecule has 1 aliphatic heterocycles. The fraction of sp³-hybridized carbons (Fsp3) is 0.417. The van der Waals surface area contributed by atoms with Gasteiger partial charge < -0.3 is 25.2 Å². The highest BCUT2D eigenvalue weighted by Crippen LogP contribution is 2.38. The van der Waals surface area contributed by atoms with Gasteiger partial charge in [-0.05, 0) is 41.2 Å². The molecule has 1 fully saturated rings. The van der Waals surface area contributed by atoms with Gasteiger partial charge >= 0.3 is 0 Å². The molecule has 5 heteroatoms. The van der Waals surface area contributed by atoms with Crippen LogP contribution in [0.4, 0.5) is 0 Å². The highest BCUT2D eigenvalue weighted by atomic mass is 16.5. The molecular formula is C24H28O5. The van der Waals surface area contributed by atoms with Gasteiger partial charge in [0.05, 0.1) is 6.61 Å². The predicted molar refractivity (Wildman–Crippen MR) is 110 cm³/mol. The number of hydrogen-bond acceptors (Lipinski definition) is 5. The van der Waals surface area contributed by atoms with Gasteiger partial charge in [0, 0.05) is 5.92 Å². The summed E-state index contributed by atoms with van der Waals surface area (Å²) in [6.07, 6.45) is -2.55. The molecule has 0 radical (unpaired) electrons. The van der Waals surface area contributed by atoms with Crippen LogP contribution in [0.25, 0.3) is 6.08 Å². The number of rotatable bonds is 4. The lowest BCUT2D eigenvalue weighted by atomic mass is 9.85. The molecule has 2 aliphatic rings. The first-order chi connectivity index (χ1) is 13.9. The van der Waals surface area contributed by atoms with E-state index in [0.717, 1.165) is 23.1 Å². The predicted octanol–water partition coefficient (Wildman–Crippen LogP) is 2.25. The Morgan fingerprint density at radius 1 is 1.03 bits per heavy atom. The highest BCUT2D eigenvalue weighted by Gasteiger charge is 2.44. The van der Waals surface area contributed by atoms with E-state index in [9.17, 15) is 20.4 Å². The Morgan fingerprint density at radius 2 is 1.79 bits per heavy atom. The molecule has 4 rings (SSSR count). The first-order valence-electron chi connectivity index (χ1n) is 10.1. The van der Waals surface area contributed by atoms with Crippen molar-refractivity contribution in [2.75, 3.05) is 6.61 Å². The number of aliphatic hydroxyl groups excluding tert-OH is 4. The lowest BCUT2D eigenvalue weighted by Crippen LogP contribution is -2.55. The second kappa shape index (κ2) is 8.01. The Kier molecular flexibility index (Phi) is 5.60. The van der Waals surface area contributed by atoms with Gasteiger partial charge in [-0.3, -0.25) is 0 Å². The zero-order valence-corrected chi connectivity index (χ0v) is 16.7. The lowest BCUT2D eigenvalue weighted by molar-refractivity contribution is -0.231. The zero-order valence-electron chi connectivity index (χ0n) is 16.7. The van der Waals surface area contributed by atoms with Crippen molar-refractivity contribution >= 4 is 6.08 Å². The van der Waals surface area contributed by atoms with E-state index < -0.39 is 37.1 Å². The van der Waals surface area contributed by atoms with E-state index in [2.05, 4.69) is 38.1 Å². The van der Waals surface area contributed by atoms with Crippen LogP contribution in [0, 0.1) is 6.92 Å². The van der Waals surface area contributed by atoms with Crippen LogP contribution in [0.3, 0.4) is 0 Å². The third-order valence-electron chi connectivity index (χ3n) is 6.34. The minimum Gasteiger partial charge on any atom is -0.394 e. The van der Waals surface area contributed by atoms with Crippen LogP contribution in [-0.2, 0) is 11.2 Å². The molecule has 0 spiro atoms. The van der Waals surface area contributed by atoms with Gasteiger partial charge in [0.2, 0.25) is 0 Å². The van der Waals surface area contributed by atoms with E-state index in [0.29, 0.717) is 0 Å². The summed E-state index contributed by atoms with van der Waals surface area (Å²) in [6, 6.07) is 14.3. The maximum absolute atomic E-state index is 10.5. The smallest absolute Gasteiger partial charge is 0.113 e. The Hall–Kier alpha value is -2.02. The average Bonchev–Trinajstić information content (AvgIpc) is 3.17. The van der Waals surface area contributed by atoms with Gasteiger partial charge in [0.1, 0.15) is 30.5 Å². The van der Waals surface area contributed by atoms with E-state index in [1.54, 1.807) is 0 Å². The topological polar surface area (TPSA) is 90.2 Å². The Morgan fingerprint density at radius 3 is 2.52 bits per heavy atom. The Labute approximate surface area is 170 Å². The number of allylic oxidation sites excluding steroid dienone is 1. The van der Waals surface area contributed by atoms with E-state index in [1.807, 2.05) is 24.3 Å². The number of aryl methyl sites for hydroxylation is 1. The van der Waals surface area contributed by atoms with Crippen LogP contribution >= 0.6 is 0 Å². The molecule has 1 saturated heterocycles. The van der Waals surface area contributed by atoms with Crippen LogP contribution < -0.4 is 0 Å². The summed E-state index contributed by atoms with van der Waals surface area (Å²) in [5.74, 6) is 0.187. The van der Waals surface area contributed by atoms with Gasteiger partial charge in [-0.15, -0.1) is 0 Å². The molecule has 0 aromatic heterocycles. The fourth-order valence-electron chi connectivity index (χ4n) is 4.46. The van der Waals surface area contributed by atoms with Crippen molar-refractivity contribution in [2.45, 2.75) is 56.7 Å². The Bertz CT molecular complexity index is 919. The number of ether oxygens (including phenoxy) is 1. The molecule has 0 bridgehead atoms. The van der Waals surface area contributed by atoms with Crippen LogP contribution in [0.2, 0.25) is 0 Å². The maximum Gasteiger partial charge on any atom is 0.113 e. The van der Waals surface area contributed by atoms with E-state index in [-0.39, 0.29) is 5.92 Å². The summed E-state index contributed by atoms with van der Waals surface area (Å²) < 4.78 is 5.74. The molecule has 0 amide bonds. The largest absolute Gasteiger partial charge is 0.394 e. The summed E-state index contributed by atoms with van der Waals surface area (Å²) in [5.41, 5.74) is 6.93. The van der Waals surface area contributed by atoms with Crippen molar-refractivity contribution in [3.63, 3.8) is 0 Å². The quantitative estimate of drug-likeness (QED) is 0.637. The summed E-state index contributed by atoms with van der Waals surface area (Å²) >= 11 is 0. The van der Waals surface area contributed by atoms with Crippen LogP contribution in [0.1, 0.15) is 46.8 Å². The fourth-order valence-corrected chi connectivity index (χ4v) is 4.46. The van der Waals surface area contributed by atoms with Crippen LogP contribution in [-0.4, -0.2) is 51.4 Å². The minimum absolute atomic E-state index is 0.187. The van der Waals surface area contributed by atoms with Crippen molar-refractivity contribution in [1.29, 1.82) is 0 Å². The molecule has 5 nitrogen and oxygen atoms in total. The molecule has 4 N–H and O–H groups in total. The average molecular weight is 396 g/mol. The minimum atomic E-state index is -1.37. The molecule has 154 valence electrons. The van der Waals surface area contributed by atoms with Crippen LogP contribution in [0.5, 0.6) is 0 Å². The van der Waals surface area contributed by atoms with E-state index >= 15 is 0 Å². The van der Waals surface area contributed by atoms with Gasteiger partial charge in [-0.25, -0.2) is 0 Å². The van der Waals surface area contributed by atoms with E-state index in [1.165, 1.54) is 16.7 Å². The van der Waals surface area contributed by atoms with Crippen molar-refractivity contribution in [3.05, 3.63) is 75.9 Å². The second-order valence-corrected chi connectivity index (χ2v) is 8.18. The highest BCUT2D eigenvalue weighted by molar-refractivity contribution is 5.65. The third kappa shape index (κ3) is 3.65. The Balaban J connectivity index is 1.63. The summed E-state index contributed by atoms with van der Waals surface area (Å²) in [5, 5.41) is 40.1. The molecule has 1 heterocycles. The van der Waals surface area contributed by atoms with E-state index in [4.69, 9.17) is 4.74 Å². The normalized spacial score (nSPS) is 30.0. The van der Waals surface area contributed by atoms with Crippen molar-refractivity contribution in [1.82, 2.24) is 0 Å². The monoisotopic (exact) mass is 396 g/mol. The molecular weight excluding hydrogens is 368 g/mol. The van der Waals surface area contributed by atoms with Crippen molar-refractivity contribution < 1.29 is 25.2 Å².